The quantitative estimate of drug-likeness (QED) is 0.580. The van der Waals surface area contributed by atoms with Crippen molar-refractivity contribution in [1.82, 2.24) is 4.90 Å². The molecule has 0 radical (unpaired) electrons. The molecular weight excluding hydrogens is 234 g/mol. The Bertz CT molecular complexity index is 323. The van der Waals surface area contributed by atoms with Crippen LogP contribution in [0.3, 0.4) is 0 Å². The molecule has 1 saturated heterocycles. The highest BCUT2D eigenvalue weighted by molar-refractivity contribution is 6.05. The van der Waals surface area contributed by atoms with Gasteiger partial charge in [-0.2, -0.15) is 0 Å². The maximum Gasteiger partial charge on any atom is 0.235 e. The Kier molecular flexibility index (Phi) is 4.35. The number of amides is 2. The van der Waals surface area contributed by atoms with E-state index < -0.39 is 5.41 Å². The number of ether oxygens (including phenoxy) is 1. The molecule has 18 heavy (non-hydrogen) atoms. The molecule has 0 unspecified atom stereocenters. The third kappa shape index (κ3) is 2.57. The van der Waals surface area contributed by atoms with Crippen molar-refractivity contribution in [3.8, 4) is 0 Å². The number of aliphatic hydroxyl groups excluding tert-OH is 1. The third-order valence-corrected chi connectivity index (χ3v) is 4.00. The van der Waals surface area contributed by atoms with E-state index in [1.54, 1.807) is 0 Å². The van der Waals surface area contributed by atoms with Crippen molar-refractivity contribution in [3.63, 3.8) is 0 Å². The molecular formula is C13H21NO4. The van der Waals surface area contributed by atoms with Crippen LogP contribution in [0.4, 0.5) is 0 Å². The largest absolute Gasteiger partial charge is 0.394 e. The number of imide groups is 1. The van der Waals surface area contributed by atoms with E-state index in [-0.39, 0.29) is 25.0 Å². The average Bonchev–Trinajstić information content (AvgIpc) is 2.59. The van der Waals surface area contributed by atoms with E-state index in [1.807, 2.05) is 0 Å². The monoisotopic (exact) mass is 255 g/mol. The van der Waals surface area contributed by atoms with Crippen LogP contribution >= 0.6 is 0 Å². The molecule has 1 spiro atoms. The van der Waals surface area contributed by atoms with E-state index in [1.165, 1.54) is 11.3 Å². The molecule has 1 aliphatic carbocycles. The molecule has 0 bridgehead atoms. The Morgan fingerprint density at radius 1 is 1.17 bits per heavy atom. The molecule has 0 aromatic carbocycles. The van der Waals surface area contributed by atoms with E-state index in [4.69, 9.17) is 9.84 Å². The van der Waals surface area contributed by atoms with Gasteiger partial charge >= 0.3 is 0 Å². The second-order valence-electron chi connectivity index (χ2n) is 5.20. The van der Waals surface area contributed by atoms with Crippen molar-refractivity contribution < 1.29 is 19.4 Å². The molecule has 2 amide bonds. The van der Waals surface area contributed by atoms with Crippen molar-refractivity contribution in [2.45, 2.75) is 38.5 Å². The summed E-state index contributed by atoms with van der Waals surface area (Å²) < 4.78 is 5.12. The second-order valence-corrected chi connectivity index (χ2v) is 5.20. The van der Waals surface area contributed by atoms with E-state index in [9.17, 15) is 9.59 Å². The van der Waals surface area contributed by atoms with Crippen molar-refractivity contribution in [2.75, 3.05) is 26.4 Å². The zero-order valence-electron chi connectivity index (χ0n) is 10.7. The van der Waals surface area contributed by atoms with E-state index in [0.717, 1.165) is 25.7 Å². The highest BCUT2D eigenvalue weighted by atomic mass is 16.5. The Morgan fingerprint density at radius 3 is 2.56 bits per heavy atom. The normalized spacial score (nSPS) is 23.1. The lowest BCUT2D eigenvalue weighted by atomic mass is 9.73. The minimum Gasteiger partial charge on any atom is -0.394 e. The zero-order valence-corrected chi connectivity index (χ0v) is 10.7. The fourth-order valence-corrected chi connectivity index (χ4v) is 3.03. The van der Waals surface area contributed by atoms with Crippen LogP contribution in [-0.4, -0.2) is 48.2 Å². The van der Waals surface area contributed by atoms with Gasteiger partial charge in [-0.15, -0.1) is 0 Å². The molecule has 1 saturated carbocycles. The molecule has 1 heterocycles. The molecule has 102 valence electrons. The predicted octanol–water partition coefficient (Wildman–Crippen LogP) is 0.705. The van der Waals surface area contributed by atoms with Gasteiger partial charge in [0.25, 0.3) is 0 Å². The molecule has 2 aliphatic rings. The van der Waals surface area contributed by atoms with Crippen molar-refractivity contribution >= 4 is 11.8 Å². The smallest absolute Gasteiger partial charge is 0.235 e. The molecule has 2 rings (SSSR count). The molecule has 5 heteroatoms. The summed E-state index contributed by atoms with van der Waals surface area (Å²) >= 11 is 0. The number of aliphatic hydroxyl groups is 1. The van der Waals surface area contributed by atoms with Crippen LogP contribution in [0.1, 0.15) is 38.5 Å². The van der Waals surface area contributed by atoms with Crippen LogP contribution in [0.5, 0.6) is 0 Å². The molecule has 1 N–H and O–H groups in total. The van der Waals surface area contributed by atoms with Crippen LogP contribution in [0.2, 0.25) is 0 Å². The van der Waals surface area contributed by atoms with Crippen LogP contribution < -0.4 is 0 Å². The average molecular weight is 255 g/mol. The van der Waals surface area contributed by atoms with Gasteiger partial charge in [-0.05, 0) is 12.8 Å². The molecule has 0 aromatic heterocycles. The first-order chi connectivity index (χ1) is 8.69. The van der Waals surface area contributed by atoms with E-state index >= 15 is 0 Å². The van der Waals surface area contributed by atoms with Crippen LogP contribution in [-0.2, 0) is 14.3 Å². The van der Waals surface area contributed by atoms with Gasteiger partial charge in [0.2, 0.25) is 11.8 Å². The van der Waals surface area contributed by atoms with Gasteiger partial charge in [0.05, 0.1) is 31.8 Å². The minimum absolute atomic E-state index is 0.000187. The maximum absolute atomic E-state index is 12.4. The number of rotatable bonds is 5. The molecule has 5 nitrogen and oxygen atoms in total. The summed E-state index contributed by atoms with van der Waals surface area (Å²) in [4.78, 5) is 25.6. The number of hydrogen-bond donors (Lipinski definition) is 1. The van der Waals surface area contributed by atoms with E-state index in [0.29, 0.717) is 19.6 Å². The Balaban J connectivity index is 1.92. The number of likely N-dealkylation sites (tertiary alicyclic amines) is 1. The summed E-state index contributed by atoms with van der Waals surface area (Å²) in [5.41, 5.74) is -0.397. The van der Waals surface area contributed by atoms with Gasteiger partial charge in [-0.25, -0.2) is 0 Å². The highest BCUT2D eigenvalue weighted by Crippen LogP contribution is 2.45. The molecule has 0 atom stereocenters. The van der Waals surface area contributed by atoms with Gasteiger partial charge in [-0.1, -0.05) is 19.3 Å². The topological polar surface area (TPSA) is 66.8 Å². The summed E-state index contributed by atoms with van der Waals surface area (Å²) in [5, 5.41) is 8.59. The Labute approximate surface area is 107 Å². The fourth-order valence-electron chi connectivity index (χ4n) is 3.03. The second kappa shape index (κ2) is 5.80. The third-order valence-electron chi connectivity index (χ3n) is 4.00. The summed E-state index contributed by atoms with van der Waals surface area (Å²) in [5.74, 6) is -0.0608. The zero-order chi connectivity index (χ0) is 13.0. The fraction of sp³-hybridized carbons (Fsp3) is 0.846. The predicted molar refractivity (Wildman–Crippen MR) is 64.8 cm³/mol. The number of nitrogens with zero attached hydrogens (tertiary/aromatic N) is 1. The molecule has 0 aromatic rings. The Hall–Kier alpha value is -0.940. The summed E-state index contributed by atoms with van der Waals surface area (Å²) in [6, 6.07) is 0. The summed E-state index contributed by atoms with van der Waals surface area (Å²) in [7, 11) is 0. The standard InChI is InChI=1S/C13H21NO4/c15-7-9-18-8-6-14-11(16)10-13(12(14)17)4-2-1-3-5-13/h15H,1-10H2. The maximum atomic E-state index is 12.4. The van der Waals surface area contributed by atoms with Gasteiger partial charge in [0.1, 0.15) is 0 Å². The first-order valence-corrected chi connectivity index (χ1v) is 6.73. The van der Waals surface area contributed by atoms with E-state index in [2.05, 4.69) is 0 Å². The van der Waals surface area contributed by atoms with Crippen molar-refractivity contribution in [1.29, 1.82) is 0 Å². The SMILES string of the molecule is O=C1CC2(CCCCC2)C(=O)N1CCOCCO. The molecule has 2 fully saturated rings. The van der Waals surface area contributed by atoms with Gasteiger partial charge in [0.15, 0.2) is 0 Å². The minimum atomic E-state index is -0.397. The van der Waals surface area contributed by atoms with Crippen LogP contribution in [0, 0.1) is 5.41 Å². The van der Waals surface area contributed by atoms with Gasteiger partial charge in [-0.3, -0.25) is 14.5 Å². The van der Waals surface area contributed by atoms with Crippen LogP contribution in [0.15, 0.2) is 0 Å². The Morgan fingerprint density at radius 2 is 1.89 bits per heavy atom. The first-order valence-electron chi connectivity index (χ1n) is 6.73. The lowest BCUT2D eigenvalue weighted by Gasteiger charge is -2.30. The van der Waals surface area contributed by atoms with Gasteiger partial charge in [0, 0.05) is 6.42 Å². The number of carbonyl (C=O) groups excluding carboxylic acids is 2. The van der Waals surface area contributed by atoms with Gasteiger partial charge < -0.3 is 9.84 Å². The van der Waals surface area contributed by atoms with Crippen LogP contribution in [0.25, 0.3) is 0 Å². The molecule has 1 aliphatic heterocycles. The van der Waals surface area contributed by atoms with Crippen molar-refractivity contribution in [2.24, 2.45) is 5.41 Å². The highest BCUT2D eigenvalue weighted by Gasteiger charge is 2.51. The lowest BCUT2D eigenvalue weighted by Crippen LogP contribution is -2.38. The number of hydrogen-bond acceptors (Lipinski definition) is 4. The lowest BCUT2D eigenvalue weighted by molar-refractivity contribution is -0.143. The van der Waals surface area contributed by atoms with Crippen molar-refractivity contribution in [3.05, 3.63) is 0 Å². The summed E-state index contributed by atoms with van der Waals surface area (Å²) in [6.45, 7) is 0.848. The first kappa shape index (κ1) is 13.5. The number of carbonyl (C=O) groups is 2. The summed E-state index contributed by atoms with van der Waals surface area (Å²) in [6.07, 6.45) is 5.35.